The van der Waals surface area contributed by atoms with Crippen LogP contribution in [0.1, 0.15) is 18.5 Å². The third-order valence-corrected chi connectivity index (χ3v) is 3.01. The van der Waals surface area contributed by atoms with Crippen LogP contribution >= 0.6 is 0 Å². The molecular weight excluding hydrogens is 277 g/mol. The van der Waals surface area contributed by atoms with E-state index in [0.717, 1.165) is 6.07 Å². The number of hydrazine groups is 1. The van der Waals surface area contributed by atoms with E-state index in [-0.39, 0.29) is 11.8 Å². The van der Waals surface area contributed by atoms with Crippen LogP contribution < -0.4 is 21.9 Å². The topological polar surface area (TPSA) is 110 Å². The summed E-state index contributed by atoms with van der Waals surface area (Å²) < 4.78 is 38.3. The van der Waals surface area contributed by atoms with Crippen LogP contribution in [0.2, 0.25) is 0 Å². The molecule has 0 spiro atoms. The lowest BCUT2D eigenvalue weighted by Gasteiger charge is -2.24. The van der Waals surface area contributed by atoms with Gasteiger partial charge in [0.2, 0.25) is 11.9 Å². The maximum atomic E-state index is 12.8. The zero-order valence-electron chi connectivity index (χ0n) is 10.3. The number of halogens is 3. The van der Waals surface area contributed by atoms with Crippen molar-refractivity contribution >= 4 is 17.7 Å². The van der Waals surface area contributed by atoms with Gasteiger partial charge in [-0.2, -0.15) is 18.2 Å². The van der Waals surface area contributed by atoms with Crippen LogP contribution in [0.15, 0.2) is 6.07 Å². The van der Waals surface area contributed by atoms with Crippen molar-refractivity contribution in [2.24, 2.45) is 11.6 Å². The molecule has 2 heterocycles. The van der Waals surface area contributed by atoms with Gasteiger partial charge in [0.05, 0.1) is 0 Å². The fourth-order valence-corrected chi connectivity index (χ4v) is 2.13. The average Bonchev–Trinajstić information content (AvgIpc) is 2.86. The van der Waals surface area contributed by atoms with E-state index >= 15 is 0 Å². The normalized spacial score (nSPS) is 19.2. The van der Waals surface area contributed by atoms with Crippen LogP contribution in [-0.4, -0.2) is 28.5 Å². The molecule has 1 aromatic rings. The van der Waals surface area contributed by atoms with E-state index in [4.69, 9.17) is 11.6 Å². The highest BCUT2D eigenvalue weighted by Crippen LogP contribution is 2.32. The third kappa shape index (κ3) is 2.74. The molecule has 0 aliphatic carbocycles. The molecule has 1 saturated heterocycles. The quantitative estimate of drug-likeness (QED) is 0.543. The number of nitrogens with zero attached hydrogens (tertiary/aromatic N) is 3. The Bertz CT molecular complexity index is 520. The number of rotatable bonds is 3. The summed E-state index contributed by atoms with van der Waals surface area (Å²) in [4.78, 5) is 19.8. The van der Waals surface area contributed by atoms with Crippen molar-refractivity contribution in [3.8, 4) is 0 Å². The highest BCUT2D eigenvalue weighted by atomic mass is 19.4. The molecule has 1 unspecified atom stereocenters. The standard InChI is InChI=1S/C10H13F3N6O/c11-10(12,13)6-4-7(17-9(16-6)18-15)19-3-1-2-5(19)8(14)20/h4-5H,1-3,15H2,(H2,14,20)(H,16,17,18). The molecular formula is C10H13F3N6O. The van der Waals surface area contributed by atoms with Gasteiger partial charge in [0.25, 0.3) is 0 Å². The maximum Gasteiger partial charge on any atom is 0.433 e. The van der Waals surface area contributed by atoms with Crippen LogP contribution in [0.25, 0.3) is 0 Å². The van der Waals surface area contributed by atoms with E-state index < -0.39 is 23.8 Å². The molecule has 0 aromatic carbocycles. The molecule has 1 fully saturated rings. The summed E-state index contributed by atoms with van der Waals surface area (Å²) in [5, 5.41) is 0. The molecule has 0 radical (unpaired) electrons. The minimum absolute atomic E-state index is 0.0263. The van der Waals surface area contributed by atoms with Crippen molar-refractivity contribution in [3.05, 3.63) is 11.8 Å². The molecule has 7 nitrogen and oxygen atoms in total. The molecule has 20 heavy (non-hydrogen) atoms. The monoisotopic (exact) mass is 290 g/mol. The van der Waals surface area contributed by atoms with Crippen molar-refractivity contribution in [1.82, 2.24) is 9.97 Å². The predicted octanol–water partition coefficient (Wildman–Crippen LogP) is 0.235. The second-order valence-corrected chi connectivity index (χ2v) is 4.33. The van der Waals surface area contributed by atoms with E-state index in [1.807, 2.05) is 5.43 Å². The first-order valence-electron chi connectivity index (χ1n) is 5.82. The molecule has 10 heteroatoms. The SMILES string of the molecule is NNc1nc(N2CCCC2C(N)=O)cc(C(F)(F)F)n1. The molecule has 1 aliphatic rings. The van der Waals surface area contributed by atoms with Gasteiger partial charge < -0.3 is 10.6 Å². The molecule has 0 bridgehead atoms. The predicted molar refractivity (Wildman–Crippen MR) is 64.4 cm³/mol. The maximum absolute atomic E-state index is 12.8. The second-order valence-electron chi connectivity index (χ2n) is 4.33. The zero-order valence-corrected chi connectivity index (χ0v) is 10.3. The van der Waals surface area contributed by atoms with E-state index in [1.54, 1.807) is 0 Å². The number of nitrogens with two attached hydrogens (primary N) is 2. The molecule has 1 aromatic heterocycles. The minimum atomic E-state index is -4.63. The lowest BCUT2D eigenvalue weighted by Crippen LogP contribution is -2.41. The van der Waals surface area contributed by atoms with Crippen molar-refractivity contribution in [1.29, 1.82) is 0 Å². The van der Waals surface area contributed by atoms with E-state index in [1.165, 1.54) is 4.90 Å². The minimum Gasteiger partial charge on any atom is -0.368 e. The van der Waals surface area contributed by atoms with Crippen LogP contribution in [0.5, 0.6) is 0 Å². The Balaban J connectivity index is 2.43. The van der Waals surface area contributed by atoms with Crippen molar-refractivity contribution in [3.63, 3.8) is 0 Å². The summed E-state index contributed by atoms with van der Waals surface area (Å²) in [5.41, 5.74) is 6.08. The first-order chi connectivity index (χ1) is 9.32. The number of aromatic nitrogens is 2. The zero-order chi connectivity index (χ0) is 14.9. The summed E-state index contributed by atoms with van der Waals surface area (Å²) in [6.07, 6.45) is -3.51. The van der Waals surface area contributed by atoms with Crippen molar-refractivity contribution < 1.29 is 18.0 Å². The Morgan fingerprint density at radius 1 is 1.45 bits per heavy atom. The highest BCUT2D eigenvalue weighted by Gasteiger charge is 2.36. The number of hydrogen-bond acceptors (Lipinski definition) is 6. The Morgan fingerprint density at radius 2 is 2.15 bits per heavy atom. The fourth-order valence-electron chi connectivity index (χ4n) is 2.13. The van der Waals surface area contributed by atoms with E-state index in [0.29, 0.717) is 19.4 Å². The smallest absolute Gasteiger partial charge is 0.368 e. The molecule has 5 N–H and O–H groups in total. The third-order valence-electron chi connectivity index (χ3n) is 3.01. The number of nitrogens with one attached hydrogen (secondary N) is 1. The highest BCUT2D eigenvalue weighted by molar-refractivity contribution is 5.84. The number of nitrogen functional groups attached to an aromatic ring is 1. The largest absolute Gasteiger partial charge is 0.433 e. The lowest BCUT2D eigenvalue weighted by atomic mass is 10.2. The van der Waals surface area contributed by atoms with E-state index in [2.05, 4.69) is 9.97 Å². The van der Waals surface area contributed by atoms with Gasteiger partial charge in [-0.25, -0.2) is 10.8 Å². The summed E-state index contributed by atoms with van der Waals surface area (Å²) in [6, 6.07) is 0.110. The first-order valence-corrected chi connectivity index (χ1v) is 5.82. The average molecular weight is 290 g/mol. The van der Waals surface area contributed by atoms with Gasteiger partial charge in [0, 0.05) is 12.6 Å². The number of carbonyl (C=O) groups is 1. The fraction of sp³-hybridized carbons (Fsp3) is 0.500. The molecule has 110 valence electrons. The Morgan fingerprint density at radius 3 is 2.70 bits per heavy atom. The summed E-state index contributed by atoms with van der Waals surface area (Å²) in [6.45, 7) is 0.395. The second kappa shape index (κ2) is 5.12. The number of carbonyl (C=O) groups excluding carboxylic acids is 1. The Kier molecular flexibility index (Phi) is 3.66. The number of hydrogen-bond donors (Lipinski definition) is 3. The molecule has 2 rings (SSSR count). The van der Waals surface area contributed by atoms with Gasteiger partial charge >= 0.3 is 6.18 Å². The van der Waals surface area contributed by atoms with Gasteiger partial charge in [-0.1, -0.05) is 0 Å². The van der Waals surface area contributed by atoms with Crippen LogP contribution in [0, 0.1) is 0 Å². The first kappa shape index (κ1) is 14.3. The number of primary amides is 1. The van der Waals surface area contributed by atoms with Crippen LogP contribution in [0.3, 0.4) is 0 Å². The van der Waals surface area contributed by atoms with Crippen molar-refractivity contribution in [2.75, 3.05) is 16.9 Å². The van der Waals surface area contributed by atoms with Crippen LogP contribution in [0.4, 0.5) is 24.9 Å². The van der Waals surface area contributed by atoms with Gasteiger partial charge in [-0.15, -0.1) is 0 Å². The lowest BCUT2D eigenvalue weighted by molar-refractivity contribution is -0.141. The number of anilines is 2. The molecule has 1 amide bonds. The van der Waals surface area contributed by atoms with Crippen LogP contribution in [-0.2, 0) is 11.0 Å². The summed E-state index contributed by atoms with van der Waals surface area (Å²) in [5.74, 6) is 4.07. The Hall–Kier alpha value is -2.10. The molecule has 1 aliphatic heterocycles. The Labute approximate surface area is 112 Å². The van der Waals surface area contributed by atoms with Gasteiger partial charge in [-0.05, 0) is 12.8 Å². The van der Waals surface area contributed by atoms with Gasteiger partial charge in [-0.3, -0.25) is 10.2 Å². The summed E-state index contributed by atoms with van der Waals surface area (Å²) in [7, 11) is 0. The number of alkyl halides is 3. The van der Waals surface area contributed by atoms with E-state index in [9.17, 15) is 18.0 Å². The van der Waals surface area contributed by atoms with Gasteiger partial charge in [0.15, 0.2) is 5.69 Å². The summed E-state index contributed by atoms with van der Waals surface area (Å²) >= 11 is 0. The van der Waals surface area contributed by atoms with Crippen molar-refractivity contribution in [2.45, 2.75) is 25.1 Å². The number of amides is 1. The molecule has 1 atom stereocenters. The molecule has 0 saturated carbocycles. The van der Waals surface area contributed by atoms with Gasteiger partial charge in [0.1, 0.15) is 11.9 Å².